The van der Waals surface area contributed by atoms with Crippen LogP contribution in [0.2, 0.25) is 0 Å². The van der Waals surface area contributed by atoms with Gasteiger partial charge in [0.25, 0.3) is 0 Å². The van der Waals surface area contributed by atoms with Gasteiger partial charge >= 0.3 is 6.03 Å². The van der Waals surface area contributed by atoms with E-state index in [9.17, 15) is 14.0 Å². The Kier molecular flexibility index (Phi) is 5.88. The van der Waals surface area contributed by atoms with Gasteiger partial charge in [0, 0.05) is 36.9 Å². The standard InChI is InChI=1S/C26H24F2N4O2/c27-18-6-8-19(9-7-18)30-26(34)31-24-21(14-29-25(24)33)20-12-17-10-11-32(23(17)13-22(20)28)15-16-4-2-1-3-5-16/h1-9,12-13,21,24H,10-11,14-15H2,(H,29,33)(H2,30,31,34). The summed E-state index contributed by atoms with van der Waals surface area (Å²) in [5.74, 6) is -1.73. The lowest BCUT2D eigenvalue weighted by atomic mass is 9.91. The molecular weight excluding hydrogens is 438 g/mol. The molecular formula is C26H24F2N4O2. The molecule has 6 nitrogen and oxygen atoms in total. The van der Waals surface area contributed by atoms with Gasteiger partial charge in [-0.15, -0.1) is 0 Å². The number of fused-ring (bicyclic) bond motifs is 1. The molecule has 8 heteroatoms. The first-order valence-corrected chi connectivity index (χ1v) is 11.2. The zero-order valence-corrected chi connectivity index (χ0v) is 18.4. The molecule has 2 aliphatic rings. The summed E-state index contributed by atoms with van der Waals surface area (Å²) in [7, 11) is 0. The summed E-state index contributed by atoms with van der Waals surface area (Å²) in [5.41, 5.74) is 3.84. The Bertz CT molecular complexity index is 1220. The number of amides is 3. The molecule has 0 radical (unpaired) electrons. The van der Waals surface area contributed by atoms with Gasteiger partial charge in [0.05, 0.1) is 0 Å². The molecule has 1 saturated heterocycles. The van der Waals surface area contributed by atoms with Crippen LogP contribution in [0.5, 0.6) is 0 Å². The third kappa shape index (κ3) is 4.44. The van der Waals surface area contributed by atoms with Gasteiger partial charge in [-0.3, -0.25) is 4.79 Å². The second-order valence-corrected chi connectivity index (χ2v) is 8.59. The van der Waals surface area contributed by atoms with Crippen LogP contribution < -0.4 is 20.9 Å². The highest BCUT2D eigenvalue weighted by atomic mass is 19.1. The quantitative estimate of drug-likeness (QED) is 0.538. The molecule has 1 fully saturated rings. The Morgan fingerprint density at radius 1 is 1.06 bits per heavy atom. The second-order valence-electron chi connectivity index (χ2n) is 8.59. The molecule has 0 aromatic heterocycles. The van der Waals surface area contributed by atoms with Crippen molar-refractivity contribution in [2.24, 2.45) is 0 Å². The van der Waals surface area contributed by atoms with Gasteiger partial charge in [0.1, 0.15) is 17.7 Å². The normalized spacial score (nSPS) is 19.0. The van der Waals surface area contributed by atoms with E-state index in [4.69, 9.17) is 0 Å². The summed E-state index contributed by atoms with van der Waals surface area (Å²) in [6.07, 6.45) is 0.784. The van der Waals surface area contributed by atoms with Crippen molar-refractivity contribution in [3.8, 4) is 0 Å². The number of halogens is 2. The summed E-state index contributed by atoms with van der Waals surface area (Å²) in [6.45, 7) is 1.71. The van der Waals surface area contributed by atoms with Crippen molar-refractivity contribution in [3.63, 3.8) is 0 Å². The lowest BCUT2D eigenvalue weighted by molar-refractivity contribution is -0.120. The number of nitrogens with zero attached hydrogens (tertiary/aromatic N) is 1. The Morgan fingerprint density at radius 2 is 1.82 bits per heavy atom. The van der Waals surface area contributed by atoms with Crippen molar-refractivity contribution >= 4 is 23.3 Å². The first-order chi connectivity index (χ1) is 16.5. The lowest BCUT2D eigenvalue weighted by Crippen LogP contribution is -2.44. The summed E-state index contributed by atoms with van der Waals surface area (Å²) >= 11 is 0. The average Bonchev–Trinajstić information content (AvgIpc) is 3.38. The predicted octanol–water partition coefficient (Wildman–Crippen LogP) is 3.93. The molecule has 174 valence electrons. The van der Waals surface area contributed by atoms with Crippen molar-refractivity contribution in [3.05, 3.63) is 95.1 Å². The Labute approximate surface area is 196 Å². The Balaban J connectivity index is 1.33. The number of rotatable bonds is 5. The number of urea groups is 1. The maximum atomic E-state index is 15.3. The molecule has 0 aliphatic carbocycles. The fourth-order valence-corrected chi connectivity index (χ4v) is 4.67. The first kappa shape index (κ1) is 21.9. The third-order valence-corrected chi connectivity index (χ3v) is 6.38. The number of nitrogens with one attached hydrogen (secondary N) is 3. The van der Waals surface area contributed by atoms with Crippen molar-refractivity contribution in [1.29, 1.82) is 0 Å². The number of anilines is 2. The lowest BCUT2D eigenvalue weighted by Gasteiger charge is -2.22. The van der Waals surface area contributed by atoms with Crippen LogP contribution >= 0.6 is 0 Å². The summed E-state index contributed by atoms with van der Waals surface area (Å²) in [4.78, 5) is 27.1. The van der Waals surface area contributed by atoms with Crippen LogP contribution in [0, 0.1) is 11.6 Å². The largest absolute Gasteiger partial charge is 0.367 e. The van der Waals surface area contributed by atoms with Crippen LogP contribution in [0.1, 0.15) is 22.6 Å². The van der Waals surface area contributed by atoms with Crippen LogP contribution in [-0.4, -0.2) is 31.1 Å². The van der Waals surface area contributed by atoms with E-state index >= 15 is 4.39 Å². The predicted molar refractivity (Wildman–Crippen MR) is 126 cm³/mol. The molecule has 2 atom stereocenters. The van der Waals surface area contributed by atoms with E-state index in [-0.39, 0.29) is 12.5 Å². The SMILES string of the molecule is O=C(Nc1ccc(F)cc1)NC1C(=O)NCC1c1cc2c(cc1F)N(Cc1ccccc1)CC2. The van der Waals surface area contributed by atoms with Crippen molar-refractivity contribution in [2.75, 3.05) is 23.3 Å². The van der Waals surface area contributed by atoms with E-state index in [1.54, 1.807) is 6.07 Å². The molecule has 3 N–H and O–H groups in total. The Morgan fingerprint density at radius 3 is 2.59 bits per heavy atom. The molecule has 3 amide bonds. The third-order valence-electron chi connectivity index (χ3n) is 6.38. The van der Waals surface area contributed by atoms with Crippen LogP contribution in [-0.2, 0) is 17.8 Å². The number of hydrogen-bond donors (Lipinski definition) is 3. The molecule has 34 heavy (non-hydrogen) atoms. The monoisotopic (exact) mass is 462 g/mol. The Hall–Kier alpha value is -3.94. The molecule has 2 aliphatic heterocycles. The van der Waals surface area contributed by atoms with Gasteiger partial charge < -0.3 is 20.9 Å². The molecule has 2 unspecified atom stereocenters. The highest BCUT2D eigenvalue weighted by Crippen LogP contribution is 2.36. The highest BCUT2D eigenvalue weighted by Gasteiger charge is 2.39. The minimum Gasteiger partial charge on any atom is -0.367 e. The molecule has 2 heterocycles. The van der Waals surface area contributed by atoms with Gasteiger partial charge in [-0.1, -0.05) is 36.4 Å². The number of carbonyl (C=O) groups is 2. The van der Waals surface area contributed by atoms with Gasteiger partial charge in [0.2, 0.25) is 5.91 Å². The molecule has 0 spiro atoms. The zero-order chi connectivity index (χ0) is 23.7. The van der Waals surface area contributed by atoms with Crippen LogP contribution in [0.15, 0.2) is 66.7 Å². The van der Waals surface area contributed by atoms with Gasteiger partial charge in [-0.25, -0.2) is 13.6 Å². The highest BCUT2D eigenvalue weighted by molar-refractivity contribution is 5.95. The van der Waals surface area contributed by atoms with E-state index in [0.29, 0.717) is 17.8 Å². The molecule has 3 aromatic carbocycles. The minimum atomic E-state index is -0.921. The van der Waals surface area contributed by atoms with E-state index in [2.05, 4.69) is 20.9 Å². The molecule has 5 rings (SSSR count). The first-order valence-electron chi connectivity index (χ1n) is 11.2. The zero-order valence-electron chi connectivity index (χ0n) is 18.4. The van der Waals surface area contributed by atoms with Crippen LogP contribution in [0.4, 0.5) is 25.0 Å². The molecule has 0 saturated carbocycles. The number of carbonyl (C=O) groups excluding carboxylic acids is 2. The second kappa shape index (κ2) is 9.13. The smallest absolute Gasteiger partial charge is 0.319 e. The van der Waals surface area contributed by atoms with E-state index in [1.165, 1.54) is 24.3 Å². The minimum absolute atomic E-state index is 0.226. The van der Waals surface area contributed by atoms with Crippen LogP contribution in [0.25, 0.3) is 0 Å². The maximum Gasteiger partial charge on any atom is 0.319 e. The van der Waals surface area contributed by atoms with E-state index in [0.717, 1.165) is 29.8 Å². The van der Waals surface area contributed by atoms with Gasteiger partial charge in [-0.05, 0) is 53.4 Å². The van der Waals surface area contributed by atoms with E-state index in [1.807, 2.05) is 36.4 Å². The number of benzene rings is 3. The van der Waals surface area contributed by atoms with Crippen molar-refractivity contribution in [1.82, 2.24) is 10.6 Å². The fourth-order valence-electron chi connectivity index (χ4n) is 4.67. The molecule has 3 aromatic rings. The summed E-state index contributed by atoms with van der Waals surface area (Å²) < 4.78 is 28.4. The van der Waals surface area contributed by atoms with Gasteiger partial charge in [0.15, 0.2) is 0 Å². The number of hydrogen-bond acceptors (Lipinski definition) is 3. The topological polar surface area (TPSA) is 73.5 Å². The fraction of sp³-hybridized carbons (Fsp3) is 0.231. The average molecular weight is 463 g/mol. The van der Waals surface area contributed by atoms with Crippen molar-refractivity contribution < 1.29 is 18.4 Å². The van der Waals surface area contributed by atoms with Gasteiger partial charge in [-0.2, -0.15) is 0 Å². The van der Waals surface area contributed by atoms with Crippen LogP contribution in [0.3, 0.4) is 0 Å². The summed E-state index contributed by atoms with van der Waals surface area (Å²) in [6, 6.07) is 17.1. The van der Waals surface area contributed by atoms with Crippen molar-refractivity contribution in [2.45, 2.75) is 24.9 Å². The maximum absolute atomic E-state index is 15.3. The van der Waals surface area contributed by atoms with E-state index < -0.39 is 29.6 Å². The molecule has 0 bridgehead atoms. The summed E-state index contributed by atoms with van der Waals surface area (Å²) in [5, 5.41) is 7.94.